The van der Waals surface area contributed by atoms with Gasteiger partial charge in [-0.05, 0) is 33.2 Å². The van der Waals surface area contributed by atoms with Crippen LogP contribution in [-0.4, -0.2) is 49.1 Å². The van der Waals surface area contributed by atoms with Gasteiger partial charge in [-0.3, -0.25) is 9.69 Å². The van der Waals surface area contributed by atoms with E-state index in [0.717, 1.165) is 19.5 Å². The molecule has 2 unspecified atom stereocenters. The lowest BCUT2D eigenvalue weighted by Crippen LogP contribution is -2.56. The molecule has 1 saturated carbocycles. The topological polar surface area (TPSA) is 44.4 Å². The van der Waals surface area contributed by atoms with E-state index in [-0.39, 0.29) is 11.9 Å². The van der Waals surface area contributed by atoms with E-state index in [9.17, 15) is 4.79 Å². The van der Waals surface area contributed by atoms with Crippen molar-refractivity contribution in [1.29, 1.82) is 0 Å². The summed E-state index contributed by atoms with van der Waals surface area (Å²) in [4.78, 5) is 14.7. The van der Waals surface area contributed by atoms with Crippen LogP contribution in [-0.2, 0) is 4.79 Å². The van der Waals surface area contributed by atoms with Crippen LogP contribution in [0.4, 0.5) is 0 Å². The zero-order valence-electron chi connectivity index (χ0n) is 11.7. The molecule has 0 aromatic carbocycles. The predicted molar refractivity (Wildman–Crippen MR) is 73.5 cm³/mol. The minimum atomic E-state index is 0.00981. The summed E-state index contributed by atoms with van der Waals surface area (Å²) in [6, 6.07) is 1.12. The second kappa shape index (κ2) is 6.53. The van der Waals surface area contributed by atoms with Crippen molar-refractivity contribution < 1.29 is 4.79 Å². The van der Waals surface area contributed by atoms with Gasteiger partial charge in [-0.2, -0.15) is 0 Å². The maximum Gasteiger partial charge on any atom is 0.238 e. The Labute approximate surface area is 110 Å². The van der Waals surface area contributed by atoms with Gasteiger partial charge in [-0.1, -0.05) is 19.3 Å². The van der Waals surface area contributed by atoms with E-state index in [1.807, 2.05) is 7.05 Å². The smallest absolute Gasteiger partial charge is 0.238 e. The lowest BCUT2D eigenvalue weighted by molar-refractivity contribution is -0.127. The van der Waals surface area contributed by atoms with Gasteiger partial charge in [0.1, 0.15) is 6.04 Å². The van der Waals surface area contributed by atoms with Crippen LogP contribution in [0.5, 0.6) is 0 Å². The van der Waals surface area contributed by atoms with E-state index < -0.39 is 0 Å². The molecule has 1 aliphatic carbocycles. The largest absolute Gasteiger partial charge is 0.355 e. The van der Waals surface area contributed by atoms with Crippen molar-refractivity contribution in [2.45, 2.75) is 63.6 Å². The summed E-state index contributed by atoms with van der Waals surface area (Å²) in [6.45, 7) is 3.85. The van der Waals surface area contributed by atoms with Crippen molar-refractivity contribution in [1.82, 2.24) is 15.5 Å². The molecule has 0 bridgehead atoms. The van der Waals surface area contributed by atoms with Gasteiger partial charge in [-0.15, -0.1) is 0 Å². The molecular formula is C14H27N3O. The molecule has 1 aliphatic heterocycles. The molecule has 1 heterocycles. The lowest BCUT2D eigenvalue weighted by atomic mass is 9.91. The molecule has 1 amide bonds. The highest BCUT2D eigenvalue weighted by molar-refractivity contribution is 5.82. The highest BCUT2D eigenvalue weighted by atomic mass is 16.2. The SMILES string of the molecule is CNCC1C(=O)NCCC(C)N1C1CCCCC1. The molecule has 0 radical (unpaired) electrons. The Morgan fingerprint density at radius 1 is 1.28 bits per heavy atom. The fourth-order valence-corrected chi connectivity index (χ4v) is 3.50. The standard InChI is InChI=1S/C14H27N3O/c1-11-8-9-16-14(18)13(10-15-2)17(11)12-6-4-3-5-7-12/h11-13,15H,3-10H2,1-2H3,(H,16,18). The van der Waals surface area contributed by atoms with Gasteiger partial charge in [0.2, 0.25) is 5.91 Å². The van der Waals surface area contributed by atoms with E-state index in [1.165, 1.54) is 32.1 Å². The van der Waals surface area contributed by atoms with Gasteiger partial charge in [-0.25, -0.2) is 0 Å². The van der Waals surface area contributed by atoms with Crippen LogP contribution in [0.15, 0.2) is 0 Å². The lowest BCUT2D eigenvalue weighted by Gasteiger charge is -2.41. The Kier molecular flexibility index (Phi) is 5.01. The fraction of sp³-hybridized carbons (Fsp3) is 0.929. The van der Waals surface area contributed by atoms with Gasteiger partial charge in [0.25, 0.3) is 0 Å². The molecular weight excluding hydrogens is 226 g/mol. The highest BCUT2D eigenvalue weighted by Crippen LogP contribution is 2.27. The average Bonchev–Trinajstić information content (AvgIpc) is 2.51. The van der Waals surface area contributed by atoms with Gasteiger partial charge in [0.15, 0.2) is 0 Å². The normalized spacial score (nSPS) is 32.0. The van der Waals surface area contributed by atoms with Gasteiger partial charge >= 0.3 is 0 Å². The number of likely N-dealkylation sites (N-methyl/N-ethyl adjacent to an activating group) is 1. The summed E-state index contributed by atoms with van der Waals surface area (Å²) in [7, 11) is 1.93. The zero-order valence-corrected chi connectivity index (χ0v) is 11.7. The van der Waals surface area contributed by atoms with Gasteiger partial charge in [0, 0.05) is 25.2 Å². The van der Waals surface area contributed by atoms with Crippen molar-refractivity contribution in [3.63, 3.8) is 0 Å². The zero-order chi connectivity index (χ0) is 13.0. The fourth-order valence-electron chi connectivity index (χ4n) is 3.50. The molecule has 2 rings (SSSR count). The Hall–Kier alpha value is -0.610. The van der Waals surface area contributed by atoms with Crippen LogP contribution in [0.1, 0.15) is 45.4 Å². The third-order valence-corrected chi connectivity index (χ3v) is 4.43. The molecule has 4 heteroatoms. The summed E-state index contributed by atoms with van der Waals surface area (Å²) in [5, 5.41) is 6.24. The number of hydrogen-bond acceptors (Lipinski definition) is 3. The highest BCUT2D eigenvalue weighted by Gasteiger charge is 2.36. The molecule has 0 aromatic rings. The van der Waals surface area contributed by atoms with E-state index in [1.54, 1.807) is 0 Å². The van der Waals surface area contributed by atoms with Gasteiger partial charge < -0.3 is 10.6 Å². The summed E-state index contributed by atoms with van der Waals surface area (Å²) in [5.74, 6) is 0.208. The third kappa shape index (κ3) is 3.04. The Balaban J connectivity index is 2.14. The Bertz CT molecular complexity index is 276. The minimum Gasteiger partial charge on any atom is -0.355 e. The molecule has 2 fully saturated rings. The van der Waals surface area contributed by atoms with Crippen molar-refractivity contribution in [3.8, 4) is 0 Å². The summed E-state index contributed by atoms with van der Waals surface area (Å²) < 4.78 is 0. The summed E-state index contributed by atoms with van der Waals surface area (Å²) >= 11 is 0. The molecule has 0 aromatic heterocycles. The first-order valence-corrected chi connectivity index (χ1v) is 7.43. The molecule has 2 aliphatic rings. The first kappa shape index (κ1) is 13.8. The molecule has 0 spiro atoms. The van der Waals surface area contributed by atoms with E-state index in [0.29, 0.717) is 12.1 Å². The number of carbonyl (C=O) groups is 1. The van der Waals surface area contributed by atoms with Crippen LogP contribution >= 0.6 is 0 Å². The van der Waals surface area contributed by atoms with E-state index in [4.69, 9.17) is 0 Å². The number of amides is 1. The molecule has 1 saturated heterocycles. The quantitative estimate of drug-likeness (QED) is 0.792. The van der Waals surface area contributed by atoms with Crippen molar-refractivity contribution in [2.75, 3.05) is 20.1 Å². The number of nitrogens with zero attached hydrogens (tertiary/aromatic N) is 1. The van der Waals surface area contributed by atoms with Crippen LogP contribution in [0.25, 0.3) is 0 Å². The number of nitrogens with one attached hydrogen (secondary N) is 2. The molecule has 2 atom stereocenters. The maximum atomic E-state index is 12.2. The molecule has 2 N–H and O–H groups in total. The molecule has 4 nitrogen and oxygen atoms in total. The summed E-state index contributed by atoms with van der Waals surface area (Å²) in [6.07, 6.45) is 7.60. The first-order valence-electron chi connectivity index (χ1n) is 7.43. The van der Waals surface area contributed by atoms with Crippen LogP contribution in [0.3, 0.4) is 0 Å². The van der Waals surface area contributed by atoms with Crippen LogP contribution in [0, 0.1) is 0 Å². The number of hydrogen-bond donors (Lipinski definition) is 2. The molecule has 104 valence electrons. The minimum absolute atomic E-state index is 0.00981. The maximum absolute atomic E-state index is 12.2. The first-order chi connectivity index (χ1) is 8.74. The summed E-state index contributed by atoms with van der Waals surface area (Å²) in [5.41, 5.74) is 0. The monoisotopic (exact) mass is 253 g/mol. The third-order valence-electron chi connectivity index (χ3n) is 4.43. The van der Waals surface area contributed by atoms with Crippen molar-refractivity contribution >= 4 is 5.91 Å². The van der Waals surface area contributed by atoms with E-state index >= 15 is 0 Å². The van der Waals surface area contributed by atoms with Crippen LogP contribution < -0.4 is 10.6 Å². The second-order valence-corrected chi connectivity index (χ2v) is 5.74. The number of carbonyl (C=O) groups excluding carboxylic acids is 1. The molecule has 18 heavy (non-hydrogen) atoms. The predicted octanol–water partition coefficient (Wildman–Crippen LogP) is 1.12. The Morgan fingerprint density at radius 2 is 2.00 bits per heavy atom. The van der Waals surface area contributed by atoms with Crippen molar-refractivity contribution in [2.24, 2.45) is 0 Å². The Morgan fingerprint density at radius 3 is 2.67 bits per heavy atom. The number of rotatable bonds is 3. The second-order valence-electron chi connectivity index (χ2n) is 5.74. The van der Waals surface area contributed by atoms with Crippen molar-refractivity contribution in [3.05, 3.63) is 0 Å². The van der Waals surface area contributed by atoms with E-state index in [2.05, 4.69) is 22.5 Å². The van der Waals surface area contributed by atoms with Gasteiger partial charge in [0.05, 0.1) is 0 Å². The van der Waals surface area contributed by atoms with Crippen LogP contribution in [0.2, 0.25) is 0 Å². The average molecular weight is 253 g/mol.